The topological polar surface area (TPSA) is 59.3 Å². The highest BCUT2D eigenvalue weighted by molar-refractivity contribution is 5.90. The normalized spacial score (nSPS) is 9.20. The van der Waals surface area contributed by atoms with Crippen LogP contribution in [0.1, 0.15) is 15.9 Å². The second kappa shape index (κ2) is 4.42. The molecule has 1 aromatic rings. The number of carbonyl (C=O) groups is 1. The largest absolute Gasteiger partial charge is 0.494 e. The lowest BCUT2D eigenvalue weighted by Gasteiger charge is -2.06. The van der Waals surface area contributed by atoms with E-state index in [0.29, 0.717) is 0 Å². The van der Waals surface area contributed by atoms with E-state index in [0.717, 1.165) is 13.2 Å². The lowest BCUT2D eigenvalue weighted by Crippen LogP contribution is -2.06. The third-order valence-electron chi connectivity index (χ3n) is 1.79. The van der Waals surface area contributed by atoms with Gasteiger partial charge in [-0.25, -0.2) is 9.18 Å². The van der Waals surface area contributed by atoms with Gasteiger partial charge in [0, 0.05) is 6.07 Å². The lowest BCUT2D eigenvalue weighted by molar-refractivity contribution is 0.0594. The van der Waals surface area contributed by atoms with Gasteiger partial charge < -0.3 is 9.47 Å². The van der Waals surface area contributed by atoms with E-state index in [1.165, 1.54) is 13.2 Å². The van der Waals surface area contributed by atoms with Crippen molar-refractivity contribution in [2.75, 3.05) is 14.2 Å². The number of methoxy groups -OCH3 is 2. The molecule has 0 fully saturated rings. The van der Waals surface area contributed by atoms with E-state index in [-0.39, 0.29) is 16.9 Å². The number of rotatable bonds is 2. The number of benzene rings is 1. The van der Waals surface area contributed by atoms with Crippen LogP contribution in [-0.4, -0.2) is 20.2 Å². The maximum Gasteiger partial charge on any atom is 0.341 e. The van der Waals surface area contributed by atoms with E-state index in [2.05, 4.69) is 9.47 Å². The van der Waals surface area contributed by atoms with Gasteiger partial charge in [-0.1, -0.05) is 0 Å². The molecule has 0 aliphatic carbocycles. The Labute approximate surface area is 85.8 Å². The Morgan fingerprint density at radius 1 is 1.47 bits per heavy atom. The molecule has 0 heterocycles. The quantitative estimate of drug-likeness (QED) is 0.692. The van der Waals surface area contributed by atoms with Crippen molar-refractivity contribution in [3.05, 3.63) is 29.1 Å². The molecule has 0 saturated heterocycles. The van der Waals surface area contributed by atoms with E-state index in [4.69, 9.17) is 5.26 Å². The molecule has 0 bridgehead atoms. The molecule has 0 amide bonds. The van der Waals surface area contributed by atoms with E-state index >= 15 is 0 Å². The maximum atomic E-state index is 13.5. The Bertz CT molecular complexity index is 437. The van der Waals surface area contributed by atoms with E-state index < -0.39 is 11.8 Å². The van der Waals surface area contributed by atoms with Gasteiger partial charge in [0.05, 0.1) is 25.9 Å². The van der Waals surface area contributed by atoms with Crippen molar-refractivity contribution in [3.63, 3.8) is 0 Å². The number of hydrogen-bond donors (Lipinski definition) is 0. The Balaban J connectivity index is 3.38. The number of carbonyl (C=O) groups excluding carboxylic acids is 1. The van der Waals surface area contributed by atoms with Crippen LogP contribution in [0.3, 0.4) is 0 Å². The molecular formula is C10H8FNO3. The van der Waals surface area contributed by atoms with Gasteiger partial charge in [-0.3, -0.25) is 0 Å². The maximum absolute atomic E-state index is 13.5. The van der Waals surface area contributed by atoms with Crippen LogP contribution in [0.25, 0.3) is 0 Å². The molecule has 78 valence electrons. The molecule has 15 heavy (non-hydrogen) atoms. The van der Waals surface area contributed by atoms with Crippen molar-refractivity contribution >= 4 is 5.97 Å². The summed E-state index contributed by atoms with van der Waals surface area (Å²) in [7, 11) is 2.38. The molecule has 0 aliphatic heterocycles. The molecule has 1 rings (SSSR count). The van der Waals surface area contributed by atoms with Crippen molar-refractivity contribution in [2.24, 2.45) is 0 Å². The van der Waals surface area contributed by atoms with Crippen LogP contribution in [0, 0.1) is 17.1 Å². The Hall–Kier alpha value is -2.09. The summed E-state index contributed by atoms with van der Waals surface area (Å²) < 4.78 is 22.6. The van der Waals surface area contributed by atoms with Crippen LogP contribution in [-0.2, 0) is 4.74 Å². The van der Waals surface area contributed by atoms with Crippen LogP contribution in [0.4, 0.5) is 4.39 Å². The van der Waals surface area contributed by atoms with Crippen LogP contribution in [0.2, 0.25) is 0 Å². The highest BCUT2D eigenvalue weighted by Crippen LogP contribution is 2.23. The summed E-state index contributed by atoms with van der Waals surface area (Å²) in [6.45, 7) is 0. The number of ether oxygens (including phenoxy) is 2. The minimum absolute atomic E-state index is 0.133. The zero-order valence-electron chi connectivity index (χ0n) is 8.20. The Kier molecular flexibility index (Phi) is 3.24. The summed E-state index contributed by atoms with van der Waals surface area (Å²) in [6, 6.07) is 4.12. The zero-order valence-corrected chi connectivity index (χ0v) is 8.20. The molecule has 0 unspecified atom stereocenters. The predicted molar refractivity (Wildman–Crippen MR) is 49.0 cm³/mol. The fourth-order valence-corrected chi connectivity index (χ4v) is 1.07. The standard InChI is InChI=1S/C10H8FNO3/c1-14-8-4-6(5-12)3-7(9(8)11)10(13)15-2/h3-4H,1-2H3. The zero-order chi connectivity index (χ0) is 11.4. The first-order valence-electron chi connectivity index (χ1n) is 4.00. The number of halogens is 1. The van der Waals surface area contributed by atoms with Gasteiger partial charge in [0.2, 0.25) is 0 Å². The summed E-state index contributed by atoms with van der Waals surface area (Å²) in [6.07, 6.45) is 0. The minimum Gasteiger partial charge on any atom is -0.494 e. The van der Waals surface area contributed by atoms with E-state index in [9.17, 15) is 9.18 Å². The molecule has 0 N–H and O–H groups in total. The average Bonchev–Trinajstić information content (AvgIpc) is 2.28. The second-order valence-electron chi connectivity index (χ2n) is 2.64. The molecule has 4 nitrogen and oxygen atoms in total. The highest BCUT2D eigenvalue weighted by Gasteiger charge is 2.17. The second-order valence-corrected chi connectivity index (χ2v) is 2.64. The lowest BCUT2D eigenvalue weighted by atomic mass is 10.1. The summed E-state index contributed by atoms with van der Waals surface area (Å²) in [4.78, 5) is 11.1. The van der Waals surface area contributed by atoms with E-state index in [1.807, 2.05) is 0 Å². The molecule has 0 radical (unpaired) electrons. The van der Waals surface area contributed by atoms with Gasteiger partial charge in [-0.15, -0.1) is 0 Å². The van der Waals surface area contributed by atoms with Crippen molar-refractivity contribution < 1.29 is 18.7 Å². The van der Waals surface area contributed by atoms with Gasteiger partial charge >= 0.3 is 5.97 Å². The highest BCUT2D eigenvalue weighted by atomic mass is 19.1. The molecule has 0 aromatic heterocycles. The number of nitrogens with zero attached hydrogens (tertiary/aromatic N) is 1. The van der Waals surface area contributed by atoms with Crippen LogP contribution in [0.5, 0.6) is 5.75 Å². The first-order chi connectivity index (χ1) is 7.13. The fraction of sp³-hybridized carbons (Fsp3) is 0.200. The first-order valence-corrected chi connectivity index (χ1v) is 4.00. The van der Waals surface area contributed by atoms with Gasteiger partial charge in [-0.2, -0.15) is 5.26 Å². The summed E-state index contributed by atoms with van der Waals surface area (Å²) in [5.41, 5.74) is -0.179. The minimum atomic E-state index is -0.845. The number of esters is 1. The Morgan fingerprint density at radius 3 is 2.60 bits per heavy atom. The fourth-order valence-electron chi connectivity index (χ4n) is 1.07. The molecule has 0 spiro atoms. The monoisotopic (exact) mass is 209 g/mol. The Morgan fingerprint density at radius 2 is 2.13 bits per heavy atom. The molecule has 0 atom stereocenters. The molecule has 0 aliphatic rings. The van der Waals surface area contributed by atoms with Gasteiger partial charge in [-0.05, 0) is 6.07 Å². The van der Waals surface area contributed by atoms with Crippen molar-refractivity contribution in [2.45, 2.75) is 0 Å². The van der Waals surface area contributed by atoms with E-state index in [1.54, 1.807) is 6.07 Å². The molecule has 0 saturated carbocycles. The third-order valence-corrected chi connectivity index (χ3v) is 1.79. The average molecular weight is 209 g/mol. The smallest absolute Gasteiger partial charge is 0.341 e. The van der Waals surface area contributed by atoms with Crippen LogP contribution < -0.4 is 4.74 Å². The van der Waals surface area contributed by atoms with Gasteiger partial charge in [0.15, 0.2) is 11.6 Å². The molecular weight excluding hydrogens is 201 g/mol. The summed E-state index contributed by atoms with van der Waals surface area (Å²) in [5, 5.41) is 8.65. The van der Waals surface area contributed by atoms with Gasteiger partial charge in [0.25, 0.3) is 0 Å². The molecule has 5 heteroatoms. The first kappa shape index (κ1) is 11.0. The predicted octanol–water partition coefficient (Wildman–Crippen LogP) is 1.49. The SMILES string of the molecule is COC(=O)c1cc(C#N)cc(OC)c1F. The van der Waals surface area contributed by atoms with Crippen LogP contribution in [0.15, 0.2) is 12.1 Å². The van der Waals surface area contributed by atoms with Crippen molar-refractivity contribution in [1.82, 2.24) is 0 Å². The van der Waals surface area contributed by atoms with Crippen molar-refractivity contribution in [1.29, 1.82) is 5.26 Å². The molecule has 1 aromatic carbocycles. The van der Waals surface area contributed by atoms with Crippen LogP contribution >= 0.6 is 0 Å². The number of hydrogen-bond acceptors (Lipinski definition) is 4. The van der Waals surface area contributed by atoms with Gasteiger partial charge in [0.1, 0.15) is 5.56 Å². The summed E-state index contributed by atoms with van der Waals surface area (Å²) >= 11 is 0. The number of nitriles is 1. The third kappa shape index (κ3) is 2.05. The van der Waals surface area contributed by atoms with Crippen molar-refractivity contribution in [3.8, 4) is 11.8 Å². The summed E-state index contributed by atoms with van der Waals surface area (Å²) in [5.74, 6) is -1.83.